The summed E-state index contributed by atoms with van der Waals surface area (Å²) in [5.74, 6) is 0. The first-order chi connectivity index (χ1) is 7.29. The van der Waals surface area contributed by atoms with Gasteiger partial charge >= 0.3 is 6.09 Å². The zero-order chi connectivity index (χ0) is 12.3. The molecule has 0 heterocycles. The van der Waals surface area contributed by atoms with Crippen LogP contribution < -0.4 is 5.12 Å². The van der Waals surface area contributed by atoms with Crippen molar-refractivity contribution in [3.8, 4) is 0 Å². The van der Waals surface area contributed by atoms with Gasteiger partial charge in [-0.05, 0) is 39.8 Å². The Hall–Kier alpha value is -1.58. The normalized spacial score (nSPS) is 11.1. The number of hydrogen-bond acceptors (Lipinski definition) is 2. The molecule has 0 N–H and O–H groups in total. The number of nitrogens with zero attached hydrogens (tertiary/aromatic N) is 1. The molecule has 0 spiro atoms. The van der Waals surface area contributed by atoms with Crippen molar-refractivity contribution in [1.82, 2.24) is 0 Å². The first kappa shape index (κ1) is 12.5. The van der Waals surface area contributed by atoms with Crippen molar-refractivity contribution in [1.29, 1.82) is 0 Å². The molecule has 1 aromatic rings. The average molecular weight is 225 g/mol. The molecular weight excluding hydrogens is 209 g/mol. The third-order valence-corrected chi connectivity index (χ3v) is 1.81. The Kier molecular flexibility index (Phi) is 3.52. The number of aryl methyl sites for hydroxylation is 1. The highest BCUT2D eigenvalue weighted by Crippen LogP contribution is 2.19. The summed E-state index contributed by atoms with van der Waals surface area (Å²) in [5, 5.41) is 0.00465. The van der Waals surface area contributed by atoms with E-state index < -0.39 is 11.7 Å². The predicted octanol–water partition coefficient (Wildman–Crippen LogP) is 3.62. The average Bonchev–Trinajstić information content (AvgIpc) is 2.15. The molecule has 0 aliphatic rings. The molecular formula is C12H16FNO2. The summed E-state index contributed by atoms with van der Waals surface area (Å²) in [4.78, 5) is 11.4. The number of anilines is 1. The number of benzene rings is 1. The molecule has 4 heteroatoms. The van der Waals surface area contributed by atoms with E-state index in [4.69, 9.17) is 4.74 Å². The molecule has 0 aromatic heterocycles. The van der Waals surface area contributed by atoms with E-state index >= 15 is 0 Å². The van der Waals surface area contributed by atoms with Crippen LogP contribution in [-0.4, -0.2) is 11.7 Å². The maximum Gasteiger partial charge on any atom is 0.443 e. The largest absolute Gasteiger partial charge is 0.443 e. The molecule has 16 heavy (non-hydrogen) atoms. The number of ether oxygens (including phenoxy) is 1. The molecule has 0 aliphatic carbocycles. The number of hydrogen-bond donors (Lipinski definition) is 0. The zero-order valence-corrected chi connectivity index (χ0v) is 9.95. The van der Waals surface area contributed by atoms with E-state index in [1.807, 2.05) is 6.92 Å². The van der Waals surface area contributed by atoms with Crippen LogP contribution in [0.15, 0.2) is 24.3 Å². The number of amides is 1. The third kappa shape index (κ3) is 3.53. The van der Waals surface area contributed by atoms with Crippen molar-refractivity contribution < 1.29 is 14.0 Å². The van der Waals surface area contributed by atoms with Gasteiger partial charge in [0.15, 0.2) is 0 Å². The Bertz CT molecular complexity index is 368. The maximum absolute atomic E-state index is 13.5. The molecule has 0 saturated heterocycles. The van der Waals surface area contributed by atoms with Crippen LogP contribution in [0.4, 0.5) is 15.0 Å². The van der Waals surface area contributed by atoms with Gasteiger partial charge < -0.3 is 4.74 Å². The molecule has 0 radical (unpaired) electrons. The van der Waals surface area contributed by atoms with Crippen LogP contribution >= 0.6 is 0 Å². The van der Waals surface area contributed by atoms with E-state index in [9.17, 15) is 9.28 Å². The molecule has 0 unspecified atom stereocenters. The quantitative estimate of drug-likeness (QED) is 0.683. The van der Waals surface area contributed by atoms with Crippen molar-refractivity contribution in [3.63, 3.8) is 0 Å². The minimum Gasteiger partial charge on any atom is -0.442 e. The fourth-order valence-corrected chi connectivity index (χ4v) is 1.08. The molecule has 3 nitrogen and oxygen atoms in total. The van der Waals surface area contributed by atoms with Gasteiger partial charge in [-0.1, -0.05) is 22.2 Å². The van der Waals surface area contributed by atoms with Crippen LogP contribution in [0, 0.1) is 6.92 Å². The number of carbonyl (C=O) groups excluding carboxylic acids is 1. The lowest BCUT2D eigenvalue weighted by atomic mass is 10.2. The van der Waals surface area contributed by atoms with E-state index in [0.717, 1.165) is 5.56 Å². The topological polar surface area (TPSA) is 29.5 Å². The predicted molar refractivity (Wildman–Crippen MR) is 61.0 cm³/mol. The highest BCUT2D eigenvalue weighted by molar-refractivity contribution is 5.85. The van der Waals surface area contributed by atoms with Crippen molar-refractivity contribution >= 4 is 11.8 Å². The summed E-state index contributed by atoms with van der Waals surface area (Å²) < 4.78 is 18.4. The third-order valence-electron chi connectivity index (χ3n) is 1.81. The van der Waals surface area contributed by atoms with Crippen molar-refractivity contribution in [2.24, 2.45) is 0 Å². The SMILES string of the molecule is Cc1ccc(N(F)C(=O)OC(C)(C)C)cc1. The Labute approximate surface area is 94.8 Å². The fourth-order valence-electron chi connectivity index (χ4n) is 1.08. The van der Waals surface area contributed by atoms with Crippen LogP contribution in [-0.2, 0) is 4.74 Å². The van der Waals surface area contributed by atoms with Gasteiger partial charge in [0.2, 0.25) is 0 Å². The minimum absolute atomic E-state index is 0.00465. The van der Waals surface area contributed by atoms with Gasteiger partial charge in [-0.25, -0.2) is 4.79 Å². The van der Waals surface area contributed by atoms with Gasteiger partial charge in [-0.2, -0.15) is 0 Å². The van der Waals surface area contributed by atoms with Crippen LogP contribution in [0.1, 0.15) is 26.3 Å². The summed E-state index contributed by atoms with van der Waals surface area (Å²) in [6.45, 7) is 6.95. The molecule has 88 valence electrons. The minimum atomic E-state index is -1.00. The van der Waals surface area contributed by atoms with Gasteiger partial charge in [0.05, 0.1) is 5.69 Å². The summed E-state index contributed by atoms with van der Waals surface area (Å²) in [7, 11) is 0. The van der Waals surface area contributed by atoms with Crippen LogP contribution in [0.25, 0.3) is 0 Å². The molecule has 0 aliphatic heterocycles. The van der Waals surface area contributed by atoms with Crippen molar-refractivity contribution in [2.75, 3.05) is 5.12 Å². The Balaban J connectivity index is 2.74. The molecule has 1 aromatic carbocycles. The molecule has 1 amide bonds. The fraction of sp³-hybridized carbons (Fsp3) is 0.417. The number of carbonyl (C=O) groups is 1. The Morgan fingerprint density at radius 3 is 2.19 bits per heavy atom. The van der Waals surface area contributed by atoms with E-state index in [1.54, 1.807) is 32.9 Å². The smallest absolute Gasteiger partial charge is 0.442 e. The Morgan fingerprint density at radius 2 is 1.75 bits per heavy atom. The lowest BCUT2D eigenvalue weighted by molar-refractivity contribution is 0.0501. The van der Waals surface area contributed by atoms with Crippen LogP contribution in [0.5, 0.6) is 0 Å². The molecule has 1 rings (SSSR count). The van der Waals surface area contributed by atoms with Gasteiger partial charge in [0.1, 0.15) is 5.60 Å². The second-order valence-electron chi connectivity index (χ2n) is 4.60. The van der Waals surface area contributed by atoms with Crippen molar-refractivity contribution in [2.45, 2.75) is 33.3 Å². The number of rotatable bonds is 1. The number of halogens is 1. The summed E-state index contributed by atoms with van der Waals surface area (Å²) in [6, 6.07) is 6.51. The monoisotopic (exact) mass is 225 g/mol. The summed E-state index contributed by atoms with van der Waals surface area (Å²) in [6.07, 6.45) is -1.00. The zero-order valence-electron chi connectivity index (χ0n) is 9.95. The lowest BCUT2D eigenvalue weighted by Gasteiger charge is -2.21. The highest BCUT2D eigenvalue weighted by Gasteiger charge is 2.23. The van der Waals surface area contributed by atoms with E-state index in [1.165, 1.54) is 12.1 Å². The first-order valence-electron chi connectivity index (χ1n) is 5.05. The lowest BCUT2D eigenvalue weighted by Crippen LogP contribution is -2.31. The summed E-state index contributed by atoms with van der Waals surface area (Å²) in [5.41, 5.74) is 0.466. The maximum atomic E-state index is 13.5. The second kappa shape index (κ2) is 4.51. The molecule has 0 saturated carbocycles. The van der Waals surface area contributed by atoms with E-state index in [2.05, 4.69) is 0 Å². The molecule has 0 bridgehead atoms. The van der Waals surface area contributed by atoms with Crippen LogP contribution in [0.2, 0.25) is 0 Å². The highest BCUT2D eigenvalue weighted by atomic mass is 19.2. The van der Waals surface area contributed by atoms with Gasteiger partial charge in [-0.15, -0.1) is 5.12 Å². The molecule has 0 fully saturated rings. The summed E-state index contributed by atoms with van der Waals surface area (Å²) >= 11 is 0. The van der Waals surface area contributed by atoms with Crippen molar-refractivity contribution in [3.05, 3.63) is 29.8 Å². The van der Waals surface area contributed by atoms with Gasteiger partial charge in [0, 0.05) is 0 Å². The molecule has 0 atom stereocenters. The Morgan fingerprint density at radius 1 is 1.25 bits per heavy atom. The second-order valence-corrected chi connectivity index (χ2v) is 4.60. The van der Waals surface area contributed by atoms with Gasteiger partial charge in [-0.3, -0.25) is 0 Å². The van der Waals surface area contributed by atoms with Crippen LogP contribution in [0.3, 0.4) is 0 Å². The first-order valence-corrected chi connectivity index (χ1v) is 5.05. The van der Waals surface area contributed by atoms with E-state index in [-0.39, 0.29) is 10.8 Å². The van der Waals surface area contributed by atoms with E-state index in [0.29, 0.717) is 0 Å². The van der Waals surface area contributed by atoms with Gasteiger partial charge in [0.25, 0.3) is 0 Å². The standard InChI is InChI=1S/C12H16FNO2/c1-9-5-7-10(8-6-9)14(13)11(15)16-12(2,3)4/h5-8H,1-4H3.